The predicted octanol–water partition coefficient (Wildman–Crippen LogP) is 5.24. The molecule has 1 aliphatic rings. The fourth-order valence-electron chi connectivity index (χ4n) is 2.90. The number of allylic oxidation sites excluding steroid dienone is 3. The number of rotatable bonds is 3. The fourth-order valence-corrected chi connectivity index (χ4v) is 2.90. The number of fused-ring (bicyclic) bond motifs is 3. The van der Waals surface area contributed by atoms with Gasteiger partial charge < -0.3 is 0 Å². The molecule has 0 nitrogen and oxygen atoms in total. The SMILES string of the molecule is C=CCC=C(C)c1cccc2c1Cc1ccccc1-2. The van der Waals surface area contributed by atoms with Crippen LogP contribution in [0.15, 0.2) is 61.2 Å². The molecule has 0 atom stereocenters. The Kier molecular flexibility index (Phi) is 3.08. The molecule has 0 saturated carbocycles. The molecule has 0 aliphatic heterocycles. The first kappa shape index (κ1) is 12.0. The van der Waals surface area contributed by atoms with E-state index in [-0.39, 0.29) is 0 Å². The van der Waals surface area contributed by atoms with E-state index in [1.807, 2.05) is 6.08 Å². The number of benzene rings is 2. The molecule has 0 heterocycles. The highest BCUT2D eigenvalue weighted by Crippen LogP contribution is 2.39. The maximum absolute atomic E-state index is 3.79. The molecule has 1 aliphatic carbocycles. The third kappa shape index (κ3) is 2.04. The first-order valence-electron chi connectivity index (χ1n) is 6.79. The van der Waals surface area contributed by atoms with Crippen molar-refractivity contribution in [2.24, 2.45) is 0 Å². The third-order valence-corrected chi connectivity index (χ3v) is 3.87. The van der Waals surface area contributed by atoms with Crippen LogP contribution in [0.1, 0.15) is 30.0 Å². The second kappa shape index (κ2) is 4.89. The standard InChI is InChI=1S/C19H18/c1-3-4-8-14(2)16-11-7-12-18-17-10-6-5-9-15(17)13-19(16)18/h3,5-12H,1,4,13H2,2H3. The molecular weight excluding hydrogens is 228 g/mol. The van der Waals surface area contributed by atoms with Crippen molar-refractivity contribution in [1.82, 2.24) is 0 Å². The van der Waals surface area contributed by atoms with Crippen LogP contribution in [0.3, 0.4) is 0 Å². The van der Waals surface area contributed by atoms with Gasteiger partial charge in [0.05, 0.1) is 0 Å². The van der Waals surface area contributed by atoms with Gasteiger partial charge in [-0.3, -0.25) is 0 Å². The average Bonchev–Trinajstić information content (AvgIpc) is 2.83. The maximum Gasteiger partial charge on any atom is -0.000741 e. The van der Waals surface area contributed by atoms with Crippen LogP contribution in [0.5, 0.6) is 0 Å². The zero-order chi connectivity index (χ0) is 13.2. The van der Waals surface area contributed by atoms with Crippen LogP contribution in [0.4, 0.5) is 0 Å². The van der Waals surface area contributed by atoms with Crippen molar-refractivity contribution in [2.45, 2.75) is 19.8 Å². The van der Waals surface area contributed by atoms with Gasteiger partial charge in [0.2, 0.25) is 0 Å². The van der Waals surface area contributed by atoms with Crippen LogP contribution in [0, 0.1) is 0 Å². The lowest BCUT2D eigenvalue weighted by atomic mass is 9.96. The van der Waals surface area contributed by atoms with Crippen molar-refractivity contribution in [3.8, 4) is 11.1 Å². The molecule has 0 bridgehead atoms. The van der Waals surface area contributed by atoms with Crippen LogP contribution in [0.25, 0.3) is 16.7 Å². The quantitative estimate of drug-likeness (QED) is 0.554. The molecule has 94 valence electrons. The first-order valence-corrected chi connectivity index (χ1v) is 6.79. The van der Waals surface area contributed by atoms with E-state index in [0.717, 1.165) is 12.8 Å². The molecule has 0 fully saturated rings. The molecule has 3 rings (SSSR count). The summed E-state index contributed by atoms with van der Waals surface area (Å²) in [7, 11) is 0. The lowest BCUT2D eigenvalue weighted by molar-refractivity contribution is 1.24. The van der Waals surface area contributed by atoms with Crippen molar-refractivity contribution in [3.05, 3.63) is 77.9 Å². The molecule has 0 saturated heterocycles. The van der Waals surface area contributed by atoms with Crippen molar-refractivity contribution in [2.75, 3.05) is 0 Å². The summed E-state index contributed by atoms with van der Waals surface area (Å²) in [5.41, 5.74) is 8.46. The van der Waals surface area contributed by atoms with E-state index in [9.17, 15) is 0 Å². The second-order valence-electron chi connectivity index (χ2n) is 5.08. The first-order chi connectivity index (χ1) is 9.31. The van der Waals surface area contributed by atoms with Gasteiger partial charge in [-0.25, -0.2) is 0 Å². The highest BCUT2D eigenvalue weighted by Gasteiger charge is 2.20. The van der Waals surface area contributed by atoms with Gasteiger partial charge >= 0.3 is 0 Å². The fraction of sp³-hybridized carbons (Fsp3) is 0.158. The second-order valence-corrected chi connectivity index (χ2v) is 5.08. The number of hydrogen-bond acceptors (Lipinski definition) is 0. The predicted molar refractivity (Wildman–Crippen MR) is 83.1 cm³/mol. The summed E-state index contributed by atoms with van der Waals surface area (Å²) in [5.74, 6) is 0. The van der Waals surface area contributed by atoms with Gasteiger partial charge in [0.15, 0.2) is 0 Å². The molecule has 19 heavy (non-hydrogen) atoms. The van der Waals surface area contributed by atoms with E-state index >= 15 is 0 Å². The Bertz CT molecular complexity index is 659. The molecular formula is C19H18. The van der Waals surface area contributed by atoms with E-state index in [4.69, 9.17) is 0 Å². The van der Waals surface area contributed by atoms with E-state index < -0.39 is 0 Å². The zero-order valence-corrected chi connectivity index (χ0v) is 11.3. The minimum atomic E-state index is 0.933. The molecule has 0 N–H and O–H groups in total. The summed E-state index contributed by atoms with van der Waals surface area (Å²) >= 11 is 0. The molecule has 2 aromatic carbocycles. The van der Waals surface area contributed by atoms with E-state index in [1.165, 1.54) is 33.4 Å². The zero-order valence-electron chi connectivity index (χ0n) is 11.3. The van der Waals surface area contributed by atoms with E-state index in [1.54, 1.807) is 0 Å². The smallest absolute Gasteiger partial charge is 0.000741 e. The Labute approximate surface area is 115 Å². The van der Waals surface area contributed by atoms with Crippen LogP contribution in [0.2, 0.25) is 0 Å². The average molecular weight is 246 g/mol. The lowest BCUT2D eigenvalue weighted by Crippen LogP contribution is -1.90. The highest BCUT2D eigenvalue weighted by atomic mass is 14.2. The molecule has 0 spiro atoms. The Morgan fingerprint density at radius 1 is 1.11 bits per heavy atom. The van der Waals surface area contributed by atoms with E-state index in [0.29, 0.717) is 0 Å². The molecule has 0 unspecified atom stereocenters. The van der Waals surface area contributed by atoms with Gasteiger partial charge in [-0.15, -0.1) is 6.58 Å². The van der Waals surface area contributed by atoms with Gasteiger partial charge in [0.25, 0.3) is 0 Å². The topological polar surface area (TPSA) is 0 Å². The molecule has 2 aromatic rings. The van der Waals surface area contributed by atoms with Crippen LogP contribution < -0.4 is 0 Å². The van der Waals surface area contributed by atoms with Crippen molar-refractivity contribution in [3.63, 3.8) is 0 Å². The Morgan fingerprint density at radius 2 is 1.89 bits per heavy atom. The van der Waals surface area contributed by atoms with Crippen molar-refractivity contribution >= 4 is 5.57 Å². The Hall–Kier alpha value is -2.08. The van der Waals surface area contributed by atoms with Gasteiger partial charge in [-0.1, -0.05) is 54.6 Å². The van der Waals surface area contributed by atoms with Gasteiger partial charge in [0.1, 0.15) is 0 Å². The third-order valence-electron chi connectivity index (χ3n) is 3.87. The summed E-state index contributed by atoms with van der Waals surface area (Å²) in [6.07, 6.45) is 6.19. The Morgan fingerprint density at radius 3 is 2.74 bits per heavy atom. The largest absolute Gasteiger partial charge is 0.103 e. The summed E-state index contributed by atoms with van der Waals surface area (Å²) in [5, 5.41) is 0. The number of hydrogen-bond donors (Lipinski definition) is 0. The molecule has 0 heteroatoms. The minimum absolute atomic E-state index is 0.933. The van der Waals surface area contributed by atoms with Crippen molar-refractivity contribution in [1.29, 1.82) is 0 Å². The molecule has 0 amide bonds. The van der Waals surface area contributed by atoms with Crippen molar-refractivity contribution < 1.29 is 0 Å². The molecule has 0 radical (unpaired) electrons. The minimum Gasteiger partial charge on any atom is -0.103 e. The summed E-state index contributed by atoms with van der Waals surface area (Å²) in [6, 6.07) is 15.4. The normalized spacial score (nSPS) is 13.0. The molecule has 0 aromatic heterocycles. The maximum atomic E-state index is 3.79. The van der Waals surface area contributed by atoms with E-state index in [2.05, 4.69) is 62.0 Å². The summed E-state index contributed by atoms with van der Waals surface area (Å²) < 4.78 is 0. The van der Waals surface area contributed by atoms with Gasteiger partial charge in [-0.2, -0.15) is 0 Å². The van der Waals surface area contributed by atoms with Crippen LogP contribution >= 0.6 is 0 Å². The van der Waals surface area contributed by atoms with Gasteiger partial charge in [0, 0.05) is 0 Å². The summed E-state index contributed by atoms with van der Waals surface area (Å²) in [4.78, 5) is 0. The lowest BCUT2D eigenvalue weighted by Gasteiger charge is -2.09. The van der Waals surface area contributed by atoms with Crippen LogP contribution in [-0.2, 0) is 6.42 Å². The Balaban J connectivity index is 2.11. The monoisotopic (exact) mass is 246 g/mol. The van der Waals surface area contributed by atoms with Gasteiger partial charge in [-0.05, 0) is 53.2 Å². The highest BCUT2D eigenvalue weighted by molar-refractivity contribution is 5.83. The summed E-state index contributed by atoms with van der Waals surface area (Å²) in [6.45, 7) is 5.98. The van der Waals surface area contributed by atoms with Crippen LogP contribution in [-0.4, -0.2) is 0 Å².